The smallest absolute Gasteiger partial charge is 0.337 e. The Hall–Kier alpha value is -1.78. The van der Waals surface area contributed by atoms with Crippen molar-refractivity contribution in [1.82, 2.24) is 4.98 Å². The summed E-state index contributed by atoms with van der Waals surface area (Å²) in [4.78, 5) is 14.9. The molecular formula is C12H17N3O2. The maximum atomic E-state index is 10.9. The molecule has 5 heteroatoms. The van der Waals surface area contributed by atoms with E-state index in [1.807, 2.05) is 0 Å². The fourth-order valence-corrected chi connectivity index (χ4v) is 1.76. The van der Waals surface area contributed by atoms with E-state index in [1.165, 1.54) is 31.5 Å². The van der Waals surface area contributed by atoms with Gasteiger partial charge in [-0.2, -0.15) is 0 Å². The van der Waals surface area contributed by atoms with Crippen LogP contribution in [0.5, 0.6) is 0 Å². The third-order valence-electron chi connectivity index (χ3n) is 2.96. The Bertz CT molecular complexity index is 416. The molecule has 1 aromatic rings. The van der Waals surface area contributed by atoms with Crippen molar-refractivity contribution in [2.24, 2.45) is 5.92 Å². The van der Waals surface area contributed by atoms with Crippen molar-refractivity contribution >= 4 is 17.5 Å². The van der Waals surface area contributed by atoms with Crippen LogP contribution < -0.4 is 11.1 Å². The lowest BCUT2D eigenvalue weighted by atomic mass is 10.2. The van der Waals surface area contributed by atoms with Crippen LogP contribution in [0.1, 0.15) is 36.0 Å². The monoisotopic (exact) mass is 235 g/mol. The van der Waals surface area contributed by atoms with E-state index >= 15 is 0 Å². The molecule has 0 radical (unpaired) electrons. The fraction of sp³-hybridized carbons (Fsp3) is 0.500. The maximum Gasteiger partial charge on any atom is 0.337 e. The molecule has 0 spiro atoms. The number of rotatable bonds is 6. The van der Waals surface area contributed by atoms with E-state index in [0.717, 1.165) is 18.9 Å². The first-order valence-corrected chi connectivity index (χ1v) is 5.89. The molecule has 4 N–H and O–H groups in total. The first-order valence-electron chi connectivity index (χ1n) is 5.89. The summed E-state index contributed by atoms with van der Waals surface area (Å²) < 4.78 is 0. The number of hydrogen-bond acceptors (Lipinski definition) is 4. The van der Waals surface area contributed by atoms with Crippen LogP contribution in [-0.4, -0.2) is 22.6 Å². The van der Waals surface area contributed by atoms with Crippen LogP contribution in [0.4, 0.5) is 11.5 Å². The number of nitrogens with one attached hydrogen (secondary N) is 1. The van der Waals surface area contributed by atoms with Gasteiger partial charge in [0, 0.05) is 6.54 Å². The van der Waals surface area contributed by atoms with E-state index in [9.17, 15) is 4.79 Å². The highest BCUT2D eigenvalue weighted by atomic mass is 16.4. The Labute approximate surface area is 100 Å². The number of nitrogens with zero attached hydrogens (tertiary/aromatic N) is 1. The number of carboxylic acid groups (broad SMARTS) is 1. The molecule has 0 atom stereocenters. The van der Waals surface area contributed by atoms with E-state index in [0.29, 0.717) is 5.82 Å². The zero-order valence-electron chi connectivity index (χ0n) is 9.65. The molecule has 0 saturated heterocycles. The number of nitrogens with two attached hydrogens (primary N) is 1. The molecule has 0 aliphatic heterocycles. The molecule has 0 bridgehead atoms. The van der Waals surface area contributed by atoms with Crippen LogP contribution in [0.3, 0.4) is 0 Å². The number of pyridine rings is 1. The summed E-state index contributed by atoms with van der Waals surface area (Å²) in [5, 5.41) is 12.0. The first-order chi connectivity index (χ1) is 8.16. The third kappa shape index (κ3) is 3.34. The van der Waals surface area contributed by atoms with Crippen molar-refractivity contribution in [3.63, 3.8) is 0 Å². The summed E-state index contributed by atoms with van der Waals surface area (Å²) in [5.74, 6) is 0.476. The molecule has 0 unspecified atom stereocenters. The minimum absolute atomic E-state index is 0.102. The highest BCUT2D eigenvalue weighted by Crippen LogP contribution is 2.33. The molecule has 0 amide bonds. The lowest BCUT2D eigenvalue weighted by Gasteiger charge is -2.07. The second-order valence-corrected chi connectivity index (χ2v) is 4.47. The summed E-state index contributed by atoms with van der Waals surface area (Å²) in [7, 11) is 0. The van der Waals surface area contributed by atoms with Gasteiger partial charge in [0.1, 0.15) is 5.82 Å². The predicted molar refractivity (Wildman–Crippen MR) is 66.1 cm³/mol. The molecule has 1 fully saturated rings. The molecule has 0 aromatic carbocycles. The number of nitrogen functional groups attached to an aromatic ring is 1. The van der Waals surface area contributed by atoms with E-state index in [1.54, 1.807) is 0 Å². The standard InChI is InChI=1S/C12H17N3O2/c13-10-7-15-11(6-9(10)12(16)17)14-5-1-2-8-3-4-8/h6-8H,1-5,13H2,(H,14,15)(H,16,17). The van der Waals surface area contributed by atoms with Crippen LogP contribution in [-0.2, 0) is 0 Å². The van der Waals surface area contributed by atoms with Gasteiger partial charge in [0.25, 0.3) is 0 Å². The Kier molecular flexibility index (Phi) is 3.46. The Morgan fingerprint density at radius 1 is 1.59 bits per heavy atom. The van der Waals surface area contributed by atoms with Gasteiger partial charge in [-0.1, -0.05) is 12.8 Å². The molecule has 17 heavy (non-hydrogen) atoms. The van der Waals surface area contributed by atoms with Crippen molar-refractivity contribution in [3.05, 3.63) is 17.8 Å². The van der Waals surface area contributed by atoms with Crippen molar-refractivity contribution in [1.29, 1.82) is 0 Å². The van der Waals surface area contributed by atoms with E-state index < -0.39 is 5.97 Å². The van der Waals surface area contributed by atoms with Crippen LogP contribution in [0.25, 0.3) is 0 Å². The molecule has 92 valence electrons. The number of aromatic nitrogens is 1. The van der Waals surface area contributed by atoms with Gasteiger partial charge in [-0.15, -0.1) is 0 Å². The second kappa shape index (κ2) is 5.03. The van der Waals surface area contributed by atoms with Gasteiger partial charge < -0.3 is 16.2 Å². The Morgan fingerprint density at radius 3 is 3.00 bits per heavy atom. The van der Waals surface area contributed by atoms with Gasteiger partial charge in [0.05, 0.1) is 17.4 Å². The zero-order chi connectivity index (χ0) is 12.3. The van der Waals surface area contributed by atoms with Crippen LogP contribution in [0.15, 0.2) is 12.3 Å². The third-order valence-corrected chi connectivity index (χ3v) is 2.96. The quantitative estimate of drug-likeness (QED) is 0.656. The molecule has 1 heterocycles. The van der Waals surface area contributed by atoms with Crippen molar-refractivity contribution < 1.29 is 9.90 Å². The lowest BCUT2D eigenvalue weighted by Crippen LogP contribution is -2.08. The fourth-order valence-electron chi connectivity index (χ4n) is 1.76. The highest BCUT2D eigenvalue weighted by molar-refractivity contribution is 5.94. The zero-order valence-corrected chi connectivity index (χ0v) is 9.65. The normalized spacial score (nSPS) is 14.6. The maximum absolute atomic E-state index is 10.9. The summed E-state index contributed by atoms with van der Waals surface area (Å²) in [5.41, 5.74) is 5.82. The predicted octanol–water partition coefficient (Wildman–Crippen LogP) is 1.96. The number of hydrogen-bond donors (Lipinski definition) is 3. The van der Waals surface area contributed by atoms with Crippen LogP contribution >= 0.6 is 0 Å². The second-order valence-electron chi connectivity index (χ2n) is 4.47. The number of aromatic carboxylic acids is 1. The number of anilines is 2. The van der Waals surface area contributed by atoms with Gasteiger partial charge in [-0.25, -0.2) is 9.78 Å². The molecule has 1 aliphatic rings. The van der Waals surface area contributed by atoms with Crippen LogP contribution in [0.2, 0.25) is 0 Å². The van der Waals surface area contributed by atoms with E-state index in [2.05, 4.69) is 10.3 Å². The van der Waals surface area contributed by atoms with Crippen molar-refractivity contribution in [2.75, 3.05) is 17.6 Å². The Morgan fingerprint density at radius 2 is 2.35 bits per heavy atom. The molecule has 5 nitrogen and oxygen atoms in total. The summed E-state index contributed by atoms with van der Waals surface area (Å²) in [6.07, 6.45) is 6.45. The summed E-state index contributed by atoms with van der Waals surface area (Å²) in [6, 6.07) is 1.48. The van der Waals surface area contributed by atoms with E-state index in [-0.39, 0.29) is 11.3 Å². The molecular weight excluding hydrogens is 218 g/mol. The largest absolute Gasteiger partial charge is 0.478 e. The Balaban J connectivity index is 1.86. The van der Waals surface area contributed by atoms with Gasteiger partial charge in [-0.3, -0.25) is 0 Å². The van der Waals surface area contributed by atoms with Gasteiger partial charge >= 0.3 is 5.97 Å². The summed E-state index contributed by atoms with van der Waals surface area (Å²) >= 11 is 0. The first kappa shape index (κ1) is 11.7. The van der Waals surface area contributed by atoms with E-state index in [4.69, 9.17) is 10.8 Å². The molecule has 2 rings (SSSR count). The number of carbonyl (C=O) groups is 1. The van der Waals surface area contributed by atoms with Gasteiger partial charge in [0.15, 0.2) is 0 Å². The number of carboxylic acids is 1. The van der Waals surface area contributed by atoms with Crippen molar-refractivity contribution in [3.8, 4) is 0 Å². The summed E-state index contributed by atoms with van der Waals surface area (Å²) in [6.45, 7) is 0.826. The average Bonchev–Trinajstić information content (AvgIpc) is 3.10. The molecule has 1 aromatic heterocycles. The lowest BCUT2D eigenvalue weighted by molar-refractivity contribution is 0.0698. The van der Waals surface area contributed by atoms with Gasteiger partial charge in [-0.05, 0) is 24.8 Å². The minimum Gasteiger partial charge on any atom is -0.478 e. The highest BCUT2D eigenvalue weighted by Gasteiger charge is 2.19. The van der Waals surface area contributed by atoms with Gasteiger partial charge in [0.2, 0.25) is 0 Å². The topological polar surface area (TPSA) is 88.2 Å². The average molecular weight is 235 g/mol. The van der Waals surface area contributed by atoms with Crippen LogP contribution in [0, 0.1) is 5.92 Å². The SMILES string of the molecule is Nc1cnc(NCCCC2CC2)cc1C(=O)O. The molecule has 1 saturated carbocycles. The molecule has 1 aliphatic carbocycles. The minimum atomic E-state index is -1.02. The van der Waals surface area contributed by atoms with Crippen molar-refractivity contribution in [2.45, 2.75) is 25.7 Å².